The molecule has 0 saturated heterocycles. The van der Waals surface area contributed by atoms with Crippen LogP contribution in [0.15, 0.2) is 41.0 Å². The van der Waals surface area contributed by atoms with Crippen LogP contribution >= 0.6 is 0 Å². The fourth-order valence-electron chi connectivity index (χ4n) is 7.02. The van der Waals surface area contributed by atoms with Crippen LogP contribution in [0, 0.1) is 23.2 Å². The first-order valence-electron chi connectivity index (χ1n) is 11.3. The van der Waals surface area contributed by atoms with E-state index in [4.69, 9.17) is 4.42 Å². The van der Waals surface area contributed by atoms with Crippen LogP contribution < -0.4 is 5.32 Å². The van der Waals surface area contributed by atoms with Crippen LogP contribution in [-0.2, 0) is 17.8 Å². The highest BCUT2D eigenvalue weighted by atomic mass is 16.3. The van der Waals surface area contributed by atoms with Crippen molar-refractivity contribution < 1.29 is 14.0 Å². The number of fused-ring (bicyclic) bond motifs is 1. The second kappa shape index (κ2) is 6.73. The van der Waals surface area contributed by atoms with Crippen molar-refractivity contribution in [2.24, 2.45) is 23.2 Å². The molecule has 0 atom stereocenters. The summed E-state index contributed by atoms with van der Waals surface area (Å²) in [5.74, 6) is 2.80. The third-order valence-electron chi connectivity index (χ3n) is 8.02. The Morgan fingerprint density at radius 2 is 1.73 bits per heavy atom. The lowest BCUT2D eigenvalue weighted by atomic mass is 9.49. The second-order valence-corrected chi connectivity index (χ2v) is 10.1. The maximum absolute atomic E-state index is 13.4. The molecule has 1 aromatic heterocycles. The molecule has 4 aliphatic carbocycles. The molecule has 0 unspecified atom stereocenters. The molecule has 156 valence electrons. The molecule has 4 fully saturated rings. The van der Waals surface area contributed by atoms with E-state index >= 15 is 0 Å². The monoisotopic (exact) mass is 404 g/mol. The second-order valence-electron chi connectivity index (χ2n) is 10.1. The lowest BCUT2D eigenvalue weighted by Gasteiger charge is -2.55. The normalized spacial score (nSPS) is 31.5. The van der Waals surface area contributed by atoms with Crippen LogP contribution in [0.2, 0.25) is 0 Å². The number of carbonyl (C=O) groups is 2. The first-order chi connectivity index (χ1) is 14.6. The van der Waals surface area contributed by atoms with Gasteiger partial charge in [0.1, 0.15) is 0 Å². The molecule has 7 rings (SSSR count). The van der Waals surface area contributed by atoms with Crippen molar-refractivity contribution in [2.75, 3.05) is 11.9 Å². The van der Waals surface area contributed by atoms with Crippen molar-refractivity contribution in [1.82, 2.24) is 4.90 Å². The van der Waals surface area contributed by atoms with Crippen LogP contribution in [0.1, 0.15) is 60.2 Å². The van der Waals surface area contributed by atoms with Crippen molar-refractivity contribution in [3.8, 4) is 0 Å². The quantitative estimate of drug-likeness (QED) is 0.811. The van der Waals surface area contributed by atoms with Gasteiger partial charge in [-0.05, 0) is 98.1 Å². The Morgan fingerprint density at radius 1 is 1.00 bits per heavy atom. The molecular formula is C25H28N2O3. The maximum Gasteiger partial charge on any atom is 0.289 e. The molecule has 4 saturated carbocycles. The Bertz CT molecular complexity index is 959. The molecule has 30 heavy (non-hydrogen) atoms. The van der Waals surface area contributed by atoms with Gasteiger partial charge < -0.3 is 14.6 Å². The number of rotatable bonds is 3. The minimum atomic E-state index is -0.147. The summed E-state index contributed by atoms with van der Waals surface area (Å²) in [6.45, 7) is 1.24. The highest BCUT2D eigenvalue weighted by Crippen LogP contribution is 2.60. The van der Waals surface area contributed by atoms with Gasteiger partial charge in [0.05, 0.1) is 11.7 Å². The Morgan fingerprint density at radius 3 is 2.40 bits per heavy atom. The summed E-state index contributed by atoms with van der Waals surface area (Å²) in [5, 5.41) is 3.26. The largest absolute Gasteiger partial charge is 0.459 e. The summed E-state index contributed by atoms with van der Waals surface area (Å²) >= 11 is 0. The number of benzene rings is 1. The van der Waals surface area contributed by atoms with Gasteiger partial charge in [-0.25, -0.2) is 0 Å². The lowest BCUT2D eigenvalue weighted by Crippen LogP contribution is -2.51. The summed E-state index contributed by atoms with van der Waals surface area (Å²) < 4.78 is 5.28. The molecule has 1 N–H and O–H groups in total. The number of hydrogen-bond donors (Lipinski definition) is 1. The summed E-state index contributed by atoms with van der Waals surface area (Å²) in [5.41, 5.74) is 3.09. The number of furan rings is 1. The SMILES string of the molecule is O=C(c1ccco1)N1CCc2ccc(NC(=O)C34CC5CC(CC(C5)C3)C4)cc2C1. The lowest BCUT2D eigenvalue weighted by molar-refractivity contribution is -0.140. The molecule has 5 heteroatoms. The minimum absolute atomic E-state index is 0.0753. The summed E-state index contributed by atoms with van der Waals surface area (Å²) in [6, 6.07) is 9.65. The highest BCUT2D eigenvalue weighted by Gasteiger charge is 2.54. The summed E-state index contributed by atoms with van der Waals surface area (Å²) in [7, 11) is 0. The van der Waals surface area contributed by atoms with Crippen molar-refractivity contribution >= 4 is 17.5 Å². The molecule has 5 nitrogen and oxygen atoms in total. The summed E-state index contributed by atoms with van der Waals surface area (Å²) in [4.78, 5) is 27.9. The van der Waals surface area contributed by atoms with Crippen LogP contribution in [0.5, 0.6) is 0 Å². The van der Waals surface area contributed by atoms with E-state index in [0.29, 0.717) is 18.8 Å². The number of amides is 2. The van der Waals surface area contributed by atoms with Crippen molar-refractivity contribution in [1.29, 1.82) is 0 Å². The van der Waals surface area contributed by atoms with Gasteiger partial charge in [-0.3, -0.25) is 9.59 Å². The zero-order chi connectivity index (χ0) is 20.3. The predicted octanol–water partition coefficient (Wildman–Crippen LogP) is 4.63. The van der Waals surface area contributed by atoms with Crippen molar-refractivity contribution in [3.05, 3.63) is 53.5 Å². The van der Waals surface area contributed by atoms with Gasteiger partial charge in [0.2, 0.25) is 5.91 Å². The molecule has 1 aromatic carbocycles. The topological polar surface area (TPSA) is 62.6 Å². The molecule has 5 aliphatic rings. The van der Waals surface area contributed by atoms with Crippen LogP contribution in [0.3, 0.4) is 0 Å². The third-order valence-corrected chi connectivity index (χ3v) is 8.02. The Labute approximate surface area is 176 Å². The molecule has 0 radical (unpaired) electrons. The summed E-state index contributed by atoms with van der Waals surface area (Å²) in [6.07, 6.45) is 9.58. The number of hydrogen-bond acceptors (Lipinski definition) is 3. The van der Waals surface area contributed by atoms with Gasteiger partial charge in [0.25, 0.3) is 5.91 Å². The van der Waals surface area contributed by atoms with E-state index in [1.807, 2.05) is 11.0 Å². The average molecular weight is 405 g/mol. The van der Waals surface area contributed by atoms with Crippen molar-refractivity contribution in [3.63, 3.8) is 0 Å². The minimum Gasteiger partial charge on any atom is -0.459 e. The van der Waals surface area contributed by atoms with E-state index in [2.05, 4.69) is 17.4 Å². The first-order valence-corrected chi connectivity index (χ1v) is 11.3. The highest BCUT2D eigenvalue weighted by molar-refractivity contribution is 5.96. The van der Waals surface area contributed by atoms with E-state index in [9.17, 15) is 9.59 Å². The molecule has 2 aromatic rings. The molecule has 1 aliphatic heterocycles. The van der Waals surface area contributed by atoms with Crippen molar-refractivity contribution in [2.45, 2.75) is 51.5 Å². The molecule has 2 amide bonds. The van der Waals surface area contributed by atoms with Gasteiger partial charge in [0, 0.05) is 18.8 Å². The molecule has 2 heterocycles. The molecular weight excluding hydrogens is 376 g/mol. The Hall–Kier alpha value is -2.56. The average Bonchev–Trinajstić information content (AvgIpc) is 3.26. The molecule has 4 bridgehead atoms. The smallest absolute Gasteiger partial charge is 0.289 e. The zero-order valence-corrected chi connectivity index (χ0v) is 17.2. The van der Waals surface area contributed by atoms with E-state index in [1.54, 1.807) is 12.1 Å². The maximum atomic E-state index is 13.4. The third kappa shape index (κ3) is 2.98. The van der Waals surface area contributed by atoms with E-state index in [-0.39, 0.29) is 17.2 Å². The fraction of sp³-hybridized carbons (Fsp3) is 0.520. The van der Waals surface area contributed by atoms with Gasteiger partial charge >= 0.3 is 0 Å². The van der Waals surface area contributed by atoms with Crippen LogP contribution in [0.4, 0.5) is 5.69 Å². The van der Waals surface area contributed by atoms with Gasteiger partial charge in [-0.1, -0.05) is 6.07 Å². The van der Waals surface area contributed by atoms with Gasteiger partial charge in [0.15, 0.2) is 5.76 Å². The van der Waals surface area contributed by atoms with E-state index < -0.39 is 0 Å². The number of nitrogens with zero attached hydrogens (tertiary/aromatic N) is 1. The van der Waals surface area contributed by atoms with E-state index in [0.717, 1.165) is 54.7 Å². The predicted molar refractivity (Wildman–Crippen MR) is 113 cm³/mol. The van der Waals surface area contributed by atoms with Crippen LogP contribution in [0.25, 0.3) is 0 Å². The van der Waals surface area contributed by atoms with Gasteiger partial charge in [-0.15, -0.1) is 0 Å². The Kier molecular flexibility index (Phi) is 4.09. The van der Waals surface area contributed by atoms with Gasteiger partial charge in [-0.2, -0.15) is 0 Å². The number of nitrogens with one attached hydrogen (secondary N) is 1. The fourth-order valence-corrected chi connectivity index (χ4v) is 7.02. The first kappa shape index (κ1) is 18.2. The number of anilines is 1. The standard InChI is InChI=1S/C25H28N2O3/c28-23(22-2-1-7-30-22)27-6-5-19-3-4-21(11-20(19)15-27)26-24(29)25-12-16-8-17(13-25)10-18(9-16)14-25/h1-4,7,11,16-18H,5-6,8-10,12-15H2,(H,26,29). The Balaban J connectivity index is 1.19. The van der Waals surface area contributed by atoms with Crippen LogP contribution in [-0.4, -0.2) is 23.3 Å². The zero-order valence-electron chi connectivity index (χ0n) is 17.2. The van der Waals surface area contributed by atoms with E-state index in [1.165, 1.54) is 31.1 Å². The number of carbonyl (C=O) groups excluding carboxylic acids is 2. The molecule has 0 spiro atoms.